The van der Waals surface area contributed by atoms with Gasteiger partial charge < -0.3 is 10.5 Å². The van der Waals surface area contributed by atoms with Crippen molar-refractivity contribution in [2.24, 2.45) is 5.73 Å². The Kier molecular flexibility index (Phi) is 3.84. The van der Waals surface area contributed by atoms with Gasteiger partial charge in [-0.15, -0.1) is 0 Å². The second-order valence-electron chi connectivity index (χ2n) is 3.45. The molecule has 6 heteroatoms. The third kappa shape index (κ3) is 2.80. The van der Waals surface area contributed by atoms with Gasteiger partial charge in [-0.25, -0.2) is 4.98 Å². The number of nitrogen functional groups attached to an aromatic ring is 1. The van der Waals surface area contributed by atoms with Gasteiger partial charge in [-0.05, 0) is 46.3 Å². The molecule has 0 radical (unpaired) electrons. The number of rotatable bonds is 3. The summed E-state index contributed by atoms with van der Waals surface area (Å²) in [4.78, 5) is 4.06. The van der Waals surface area contributed by atoms with E-state index < -0.39 is 0 Å². The molecular weight excluding hydrogens is 318 g/mol. The number of nitrogens with zero attached hydrogens (tertiary/aromatic N) is 1. The second kappa shape index (κ2) is 5.37. The monoisotopic (exact) mass is 325 g/mol. The van der Waals surface area contributed by atoms with Gasteiger partial charge in [0.15, 0.2) is 0 Å². The predicted molar refractivity (Wildman–Crippen MR) is 74.5 cm³/mol. The fraction of sp³-hybridized carbons (Fsp3) is 0. The number of nitrogens with two attached hydrogens (primary N) is 1. The average Bonchev–Trinajstić information content (AvgIpc) is 2.33. The minimum Gasteiger partial charge on any atom is -0.437 e. The van der Waals surface area contributed by atoms with Gasteiger partial charge in [0.1, 0.15) is 11.6 Å². The molecule has 1 aromatic carbocycles. The topological polar surface area (TPSA) is 72.0 Å². The lowest BCUT2D eigenvalue weighted by Crippen LogP contribution is -2.12. The molecule has 0 aliphatic heterocycles. The van der Waals surface area contributed by atoms with Gasteiger partial charge in [0, 0.05) is 11.2 Å². The van der Waals surface area contributed by atoms with Crippen LogP contribution < -0.4 is 10.5 Å². The Balaban J connectivity index is 2.37. The molecule has 0 saturated carbocycles. The number of halogens is 2. The van der Waals surface area contributed by atoms with E-state index in [9.17, 15) is 0 Å². The Labute approximate surface area is 117 Å². The van der Waals surface area contributed by atoms with Crippen LogP contribution >= 0.6 is 27.5 Å². The summed E-state index contributed by atoms with van der Waals surface area (Å²) in [6.07, 6.45) is 1.57. The zero-order valence-corrected chi connectivity index (χ0v) is 11.5. The molecule has 0 aliphatic rings. The number of nitrogens with one attached hydrogen (secondary N) is 1. The van der Waals surface area contributed by atoms with Crippen LogP contribution in [0, 0.1) is 5.41 Å². The maximum absolute atomic E-state index is 7.45. The van der Waals surface area contributed by atoms with Crippen molar-refractivity contribution in [1.29, 1.82) is 5.41 Å². The SMILES string of the molecule is N=C(N)c1cccnc1Oc1ccc(Cl)cc1Br. The van der Waals surface area contributed by atoms with Gasteiger partial charge in [0.25, 0.3) is 0 Å². The summed E-state index contributed by atoms with van der Waals surface area (Å²) in [5, 5.41) is 8.05. The molecule has 0 amide bonds. The molecule has 0 spiro atoms. The molecular formula is C12H9BrClN3O. The summed E-state index contributed by atoms with van der Waals surface area (Å²) in [5.74, 6) is 0.747. The molecule has 3 N–H and O–H groups in total. The van der Waals surface area contributed by atoms with Crippen molar-refractivity contribution in [3.8, 4) is 11.6 Å². The summed E-state index contributed by atoms with van der Waals surface area (Å²) >= 11 is 9.19. The number of hydrogen-bond acceptors (Lipinski definition) is 3. The third-order valence-electron chi connectivity index (χ3n) is 2.16. The fourth-order valence-electron chi connectivity index (χ4n) is 1.34. The molecule has 2 aromatic rings. The lowest BCUT2D eigenvalue weighted by Gasteiger charge is -2.10. The molecule has 0 atom stereocenters. The Bertz CT molecular complexity index is 604. The fourth-order valence-corrected chi connectivity index (χ4v) is 2.10. The molecule has 0 fully saturated rings. The molecule has 18 heavy (non-hydrogen) atoms. The zero-order valence-electron chi connectivity index (χ0n) is 9.15. The minimum atomic E-state index is -0.0943. The van der Waals surface area contributed by atoms with E-state index in [1.807, 2.05) is 0 Å². The van der Waals surface area contributed by atoms with Crippen molar-refractivity contribution in [3.05, 3.63) is 51.6 Å². The molecule has 0 saturated heterocycles. The Morgan fingerprint density at radius 3 is 2.83 bits per heavy atom. The van der Waals surface area contributed by atoms with Crippen molar-refractivity contribution in [2.45, 2.75) is 0 Å². The average molecular weight is 327 g/mol. The van der Waals surface area contributed by atoms with Crippen molar-refractivity contribution < 1.29 is 4.74 Å². The molecule has 0 aliphatic carbocycles. The molecule has 1 heterocycles. The Morgan fingerprint density at radius 2 is 2.17 bits per heavy atom. The normalized spacial score (nSPS) is 10.1. The van der Waals surface area contributed by atoms with E-state index in [-0.39, 0.29) is 11.7 Å². The van der Waals surface area contributed by atoms with Gasteiger partial charge in [-0.1, -0.05) is 11.6 Å². The molecule has 2 rings (SSSR count). The quantitative estimate of drug-likeness (QED) is 0.669. The van der Waals surface area contributed by atoms with Crippen LogP contribution in [-0.2, 0) is 0 Å². The van der Waals surface area contributed by atoms with Crippen molar-refractivity contribution in [2.75, 3.05) is 0 Å². The van der Waals surface area contributed by atoms with Crippen LogP contribution in [0.5, 0.6) is 11.6 Å². The first kappa shape index (κ1) is 12.9. The highest BCUT2D eigenvalue weighted by Crippen LogP contribution is 2.32. The predicted octanol–water partition coefficient (Wildman–Crippen LogP) is 3.57. The van der Waals surface area contributed by atoms with Gasteiger partial charge in [-0.3, -0.25) is 5.41 Å². The van der Waals surface area contributed by atoms with Crippen molar-refractivity contribution in [3.63, 3.8) is 0 Å². The van der Waals surface area contributed by atoms with Crippen LogP contribution in [0.15, 0.2) is 41.0 Å². The van der Waals surface area contributed by atoms with Gasteiger partial charge in [0.05, 0.1) is 10.0 Å². The van der Waals surface area contributed by atoms with Crippen LogP contribution in [0.4, 0.5) is 0 Å². The molecule has 1 aromatic heterocycles. The highest BCUT2D eigenvalue weighted by molar-refractivity contribution is 9.10. The summed E-state index contributed by atoms with van der Waals surface area (Å²) in [6, 6.07) is 8.51. The molecule has 0 bridgehead atoms. The van der Waals surface area contributed by atoms with Crippen LogP contribution in [-0.4, -0.2) is 10.8 Å². The molecule has 4 nitrogen and oxygen atoms in total. The van der Waals surface area contributed by atoms with E-state index in [1.165, 1.54) is 0 Å². The first-order valence-electron chi connectivity index (χ1n) is 5.00. The molecule has 0 unspecified atom stereocenters. The van der Waals surface area contributed by atoms with E-state index in [0.717, 1.165) is 0 Å². The largest absolute Gasteiger partial charge is 0.437 e. The van der Waals surface area contributed by atoms with Crippen molar-refractivity contribution in [1.82, 2.24) is 4.98 Å². The second-order valence-corrected chi connectivity index (χ2v) is 4.74. The number of aromatic nitrogens is 1. The number of ether oxygens (including phenoxy) is 1. The first-order chi connectivity index (χ1) is 8.58. The van der Waals surface area contributed by atoms with E-state index >= 15 is 0 Å². The Morgan fingerprint density at radius 1 is 1.39 bits per heavy atom. The van der Waals surface area contributed by atoms with Gasteiger partial charge in [-0.2, -0.15) is 0 Å². The number of hydrogen-bond donors (Lipinski definition) is 2. The number of benzene rings is 1. The number of pyridine rings is 1. The zero-order chi connectivity index (χ0) is 13.1. The third-order valence-corrected chi connectivity index (χ3v) is 3.02. The first-order valence-corrected chi connectivity index (χ1v) is 6.17. The maximum Gasteiger partial charge on any atom is 0.230 e. The summed E-state index contributed by atoms with van der Waals surface area (Å²) < 4.78 is 6.32. The van der Waals surface area contributed by atoms with E-state index in [2.05, 4.69) is 20.9 Å². The van der Waals surface area contributed by atoms with E-state index in [1.54, 1.807) is 36.5 Å². The lowest BCUT2D eigenvalue weighted by molar-refractivity contribution is 0.459. The van der Waals surface area contributed by atoms with Crippen LogP contribution in [0.2, 0.25) is 5.02 Å². The van der Waals surface area contributed by atoms with Gasteiger partial charge >= 0.3 is 0 Å². The number of amidine groups is 1. The standard InChI is InChI=1S/C12H9BrClN3O/c13-9-6-7(14)3-4-10(9)18-12-8(11(15)16)2-1-5-17-12/h1-6H,(H3,15,16). The Hall–Kier alpha value is -1.59. The van der Waals surface area contributed by atoms with E-state index in [0.29, 0.717) is 20.8 Å². The van der Waals surface area contributed by atoms with Crippen LogP contribution in [0.1, 0.15) is 5.56 Å². The summed E-state index contributed by atoms with van der Waals surface area (Å²) in [7, 11) is 0. The highest BCUT2D eigenvalue weighted by Gasteiger charge is 2.10. The minimum absolute atomic E-state index is 0.0943. The smallest absolute Gasteiger partial charge is 0.230 e. The van der Waals surface area contributed by atoms with Crippen molar-refractivity contribution >= 4 is 33.4 Å². The van der Waals surface area contributed by atoms with Crippen LogP contribution in [0.3, 0.4) is 0 Å². The summed E-state index contributed by atoms with van der Waals surface area (Å²) in [6.45, 7) is 0. The molecule has 92 valence electrons. The van der Waals surface area contributed by atoms with Gasteiger partial charge in [0.2, 0.25) is 5.88 Å². The highest BCUT2D eigenvalue weighted by atomic mass is 79.9. The van der Waals surface area contributed by atoms with Crippen LogP contribution in [0.25, 0.3) is 0 Å². The summed E-state index contributed by atoms with van der Waals surface area (Å²) in [5.41, 5.74) is 5.90. The van der Waals surface area contributed by atoms with E-state index in [4.69, 9.17) is 27.5 Å². The lowest BCUT2D eigenvalue weighted by atomic mass is 10.2. The maximum atomic E-state index is 7.45.